The molecule has 28 heavy (non-hydrogen) atoms. The summed E-state index contributed by atoms with van der Waals surface area (Å²) in [6.45, 7) is 5.51. The molecular weight excluding hydrogens is 494 g/mol. The number of hydrogen-bond acceptors (Lipinski definition) is 6. The van der Waals surface area contributed by atoms with E-state index in [4.69, 9.17) is 4.74 Å². The third-order valence-corrected chi connectivity index (χ3v) is 5.42. The molecule has 1 aromatic carbocycles. The quantitative estimate of drug-likeness (QED) is 0.578. The van der Waals surface area contributed by atoms with Crippen molar-refractivity contribution in [3.63, 3.8) is 0 Å². The van der Waals surface area contributed by atoms with Crippen LogP contribution in [0.4, 0.5) is 5.69 Å². The number of benzene rings is 1. The molecule has 0 saturated carbocycles. The predicted molar refractivity (Wildman–Crippen MR) is 113 cm³/mol. The maximum atomic E-state index is 12.2. The number of dihydropyridines is 1. The highest BCUT2D eigenvalue weighted by Gasteiger charge is 2.27. The zero-order valence-corrected chi connectivity index (χ0v) is 18.6. The molecule has 0 N–H and O–H groups in total. The Morgan fingerprint density at radius 3 is 2.36 bits per heavy atom. The number of rotatable bonds is 3. The van der Waals surface area contributed by atoms with Crippen LogP contribution in [-0.2, 0) is 14.4 Å². The minimum Gasteiger partial charge on any atom is -0.437 e. The van der Waals surface area contributed by atoms with Crippen molar-refractivity contribution in [3.8, 4) is 5.75 Å². The summed E-state index contributed by atoms with van der Waals surface area (Å²) in [6.07, 6.45) is 1.44. The van der Waals surface area contributed by atoms with Crippen molar-refractivity contribution in [2.24, 2.45) is 16.0 Å². The van der Waals surface area contributed by atoms with Crippen LogP contribution in [0.1, 0.15) is 27.2 Å². The molecule has 0 atom stereocenters. The Balaban J connectivity index is 1.91. The van der Waals surface area contributed by atoms with Gasteiger partial charge in [0.2, 0.25) is 5.90 Å². The predicted octanol–water partition coefficient (Wildman–Crippen LogP) is 3.84. The summed E-state index contributed by atoms with van der Waals surface area (Å²) < 4.78 is 7.01. The van der Waals surface area contributed by atoms with E-state index in [1.54, 1.807) is 25.1 Å². The van der Waals surface area contributed by atoms with Gasteiger partial charge in [0.1, 0.15) is 12.3 Å². The molecule has 0 aromatic heterocycles. The lowest BCUT2D eigenvalue weighted by atomic mass is 9.97. The van der Waals surface area contributed by atoms with E-state index in [0.717, 1.165) is 0 Å². The Labute approximate surface area is 178 Å². The van der Waals surface area contributed by atoms with E-state index in [1.165, 1.54) is 5.01 Å². The molecule has 0 unspecified atom stereocenters. The molecule has 9 heteroatoms. The number of carbonyl (C=O) groups excluding carboxylic acids is 3. The number of halogens is 2. The van der Waals surface area contributed by atoms with E-state index in [2.05, 4.69) is 42.0 Å². The molecule has 0 aliphatic carbocycles. The van der Waals surface area contributed by atoms with E-state index < -0.39 is 5.91 Å². The molecule has 1 aromatic rings. The third kappa shape index (κ3) is 4.15. The number of anilines is 1. The van der Waals surface area contributed by atoms with Crippen molar-refractivity contribution in [1.82, 2.24) is 0 Å². The molecular formula is C19H17Br2N3O4. The molecule has 146 valence electrons. The van der Waals surface area contributed by atoms with E-state index in [0.29, 0.717) is 31.9 Å². The Hall–Kier alpha value is -2.13. The summed E-state index contributed by atoms with van der Waals surface area (Å²) in [5.74, 6) is 0.176. The lowest BCUT2D eigenvalue weighted by Gasteiger charge is -2.23. The lowest BCUT2D eigenvalue weighted by molar-refractivity contribution is -0.124. The van der Waals surface area contributed by atoms with Gasteiger partial charge in [-0.15, -0.1) is 0 Å². The molecule has 2 aliphatic rings. The Kier molecular flexibility index (Phi) is 5.95. The standard InChI is InChI=1S/C19H17Br2N3O4/c1-9(2)12-6-17(22-8-16(12)26)28-19-13(20)4-11(5-14(19)21)24-18(27)7-15(25)10(3)23-24/h4-6,9H,7-8H2,1-3H3. The Morgan fingerprint density at radius 2 is 1.75 bits per heavy atom. The highest BCUT2D eigenvalue weighted by molar-refractivity contribution is 9.11. The fourth-order valence-electron chi connectivity index (χ4n) is 2.72. The van der Waals surface area contributed by atoms with Crippen molar-refractivity contribution in [1.29, 1.82) is 0 Å². The number of hydrogen-bond donors (Lipinski definition) is 0. The van der Waals surface area contributed by atoms with E-state index >= 15 is 0 Å². The smallest absolute Gasteiger partial charge is 0.255 e. The van der Waals surface area contributed by atoms with Crippen molar-refractivity contribution < 1.29 is 19.1 Å². The van der Waals surface area contributed by atoms with Gasteiger partial charge in [-0.1, -0.05) is 13.8 Å². The molecule has 2 heterocycles. The van der Waals surface area contributed by atoms with Gasteiger partial charge in [0.25, 0.3) is 5.91 Å². The highest BCUT2D eigenvalue weighted by atomic mass is 79.9. The normalized spacial score (nSPS) is 17.6. The summed E-state index contributed by atoms with van der Waals surface area (Å²) in [5, 5.41) is 5.28. The first-order chi connectivity index (χ1) is 13.2. The molecule has 0 fully saturated rings. The zero-order chi connectivity index (χ0) is 20.6. The maximum absolute atomic E-state index is 12.2. The van der Waals surface area contributed by atoms with E-state index in [9.17, 15) is 14.4 Å². The zero-order valence-electron chi connectivity index (χ0n) is 15.5. The van der Waals surface area contributed by atoms with Crippen LogP contribution in [0.5, 0.6) is 5.75 Å². The number of amides is 1. The number of hydrazone groups is 1. The first-order valence-corrected chi connectivity index (χ1v) is 10.1. The summed E-state index contributed by atoms with van der Waals surface area (Å²) >= 11 is 6.89. The van der Waals surface area contributed by atoms with Gasteiger partial charge in [0.15, 0.2) is 17.3 Å². The van der Waals surface area contributed by atoms with Crippen molar-refractivity contribution in [3.05, 3.63) is 32.7 Å². The minimum atomic E-state index is -0.400. The van der Waals surface area contributed by atoms with Crippen LogP contribution in [0, 0.1) is 5.92 Å². The molecule has 2 aliphatic heterocycles. The van der Waals surface area contributed by atoms with Crippen molar-refractivity contribution >= 4 is 66.6 Å². The molecule has 1 amide bonds. The SMILES string of the molecule is CC1=NN(c2cc(Br)c(OC3=NCC(=O)C(C(C)C)=C3)c(Br)c2)C(=O)CC1=O. The van der Waals surface area contributed by atoms with Gasteiger partial charge in [0, 0.05) is 11.6 Å². The summed E-state index contributed by atoms with van der Waals surface area (Å²) in [4.78, 5) is 39.9. The second-order valence-corrected chi connectivity index (χ2v) is 8.37. The second kappa shape index (κ2) is 8.08. The van der Waals surface area contributed by atoms with Gasteiger partial charge in [-0.25, -0.2) is 4.99 Å². The van der Waals surface area contributed by atoms with E-state index in [-0.39, 0.29) is 36.2 Å². The average Bonchev–Trinajstić information content (AvgIpc) is 2.62. The number of ether oxygens (including phenoxy) is 1. The minimum absolute atomic E-state index is 0.0118. The highest BCUT2D eigenvalue weighted by Crippen LogP contribution is 2.39. The first kappa shape index (κ1) is 20.6. The first-order valence-electron chi connectivity index (χ1n) is 8.55. The molecule has 0 bridgehead atoms. The molecule has 0 spiro atoms. The Bertz CT molecular complexity index is 956. The fraction of sp³-hybridized carbons (Fsp3) is 0.316. The van der Waals surface area contributed by atoms with Gasteiger partial charge < -0.3 is 4.74 Å². The number of ketones is 2. The fourth-order valence-corrected chi connectivity index (χ4v) is 4.05. The van der Waals surface area contributed by atoms with Crippen LogP contribution >= 0.6 is 31.9 Å². The van der Waals surface area contributed by atoms with Crippen LogP contribution < -0.4 is 9.75 Å². The summed E-state index contributed by atoms with van der Waals surface area (Å²) in [6, 6.07) is 3.35. The monoisotopic (exact) mass is 509 g/mol. The third-order valence-electron chi connectivity index (χ3n) is 4.24. The molecule has 3 rings (SSSR count). The largest absolute Gasteiger partial charge is 0.437 e. The van der Waals surface area contributed by atoms with Gasteiger partial charge in [-0.05, 0) is 56.8 Å². The topological polar surface area (TPSA) is 88.4 Å². The van der Waals surface area contributed by atoms with Crippen LogP contribution in [0.15, 0.2) is 42.8 Å². The second-order valence-electron chi connectivity index (χ2n) is 6.66. The lowest BCUT2D eigenvalue weighted by Crippen LogP contribution is -2.36. The number of nitrogens with zero attached hydrogens (tertiary/aromatic N) is 3. The number of aliphatic imine (C=N–C) groups is 1. The van der Waals surface area contributed by atoms with E-state index in [1.807, 2.05) is 13.8 Å². The summed E-state index contributed by atoms with van der Waals surface area (Å²) in [5.41, 5.74) is 1.43. The van der Waals surface area contributed by atoms with Crippen LogP contribution in [-0.4, -0.2) is 35.6 Å². The maximum Gasteiger partial charge on any atom is 0.255 e. The average molecular weight is 511 g/mol. The molecule has 7 nitrogen and oxygen atoms in total. The van der Waals surface area contributed by atoms with Gasteiger partial charge in [-0.2, -0.15) is 10.1 Å². The van der Waals surface area contributed by atoms with Gasteiger partial charge in [0.05, 0.1) is 21.1 Å². The van der Waals surface area contributed by atoms with Crippen molar-refractivity contribution in [2.45, 2.75) is 27.2 Å². The molecule has 0 radical (unpaired) electrons. The van der Waals surface area contributed by atoms with Crippen LogP contribution in [0.2, 0.25) is 0 Å². The summed E-state index contributed by atoms with van der Waals surface area (Å²) in [7, 11) is 0. The Morgan fingerprint density at radius 1 is 1.11 bits per heavy atom. The van der Waals surface area contributed by atoms with Gasteiger partial charge >= 0.3 is 0 Å². The number of carbonyl (C=O) groups is 3. The number of Topliss-reactive ketones (excluding diaryl/α,β-unsaturated/α-hetero) is 2. The van der Waals surface area contributed by atoms with Crippen LogP contribution in [0.25, 0.3) is 0 Å². The molecule has 0 saturated heterocycles. The van der Waals surface area contributed by atoms with Crippen molar-refractivity contribution in [2.75, 3.05) is 11.6 Å². The van der Waals surface area contributed by atoms with Gasteiger partial charge in [-0.3, -0.25) is 14.4 Å². The van der Waals surface area contributed by atoms with Crippen LogP contribution in [0.3, 0.4) is 0 Å².